The van der Waals surface area contributed by atoms with Gasteiger partial charge < -0.3 is 16.4 Å². The molecule has 1 heterocycles. The summed E-state index contributed by atoms with van der Waals surface area (Å²) in [4.78, 5) is 25.5. The predicted octanol–water partition coefficient (Wildman–Crippen LogP) is 1.65. The molecule has 0 radical (unpaired) electrons. The van der Waals surface area contributed by atoms with Crippen molar-refractivity contribution in [2.24, 2.45) is 11.7 Å². The van der Waals surface area contributed by atoms with E-state index in [4.69, 9.17) is 23.1 Å². The summed E-state index contributed by atoms with van der Waals surface area (Å²) >= 11 is 5.92. The van der Waals surface area contributed by atoms with Crippen LogP contribution in [0.4, 0.5) is 5.69 Å². The van der Waals surface area contributed by atoms with Crippen molar-refractivity contribution in [3.8, 4) is 0 Å². The molecule has 0 aliphatic carbocycles. The number of piperidine rings is 1. The number of nitrogens with zero attached hydrogens (tertiary/aromatic N) is 1. The van der Waals surface area contributed by atoms with Crippen molar-refractivity contribution in [3.05, 3.63) is 28.8 Å². The number of primary amides is 1. The summed E-state index contributed by atoms with van der Waals surface area (Å²) in [5, 5.41) is 0.421. The van der Waals surface area contributed by atoms with E-state index in [-0.39, 0.29) is 23.8 Å². The smallest absolute Gasteiger partial charge is 0.254 e. The lowest BCUT2D eigenvalue weighted by atomic mass is 9.92. The lowest BCUT2D eigenvalue weighted by Crippen LogP contribution is -2.48. The normalized spacial score (nSPS) is 22.6. The highest BCUT2D eigenvalue weighted by Crippen LogP contribution is 2.25. The van der Waals surface area contributed by atoms with Crippen molar-refractivity contribution in [1.82, 2.24) is 4.90 Å². The fourth-order valence-corrected chi connectivity index (χ4v) is 2.77. The molecule has 108 valence electrons. The second-order valence-corrected chi connectivity index (χ2v) is 5.69. The number of carbonyl (C=O) groups is 2. The number of benzene rings is 1. The van der Waals surface area contributed by atoms with E-state index in [2.05, 4.69) is 0 Å². The highest BCUT2D eigenvalue weighted by molar-refractivity contribution is 6.31. The van der Waals surface area contributed by atoms with Gasteiger partial charge in [0.25, 0.3) is 5.91 Å². The van der Waals surface area contributed by atoms with Gasteiger partial charge >= 0.3 is 0 Å². The van der Waals surface area contributed by atoms with Gasteiger partial charge in [0.05, 0.1) is 5.92 Å². The zero-order chi connectivity index (χ0) is 14.9. The van der Waals surface area contributed by atoms with Crippen molar-refractivity contribution in [3.63, 3.8) is 0 Å². The number of nitrogens with two attached hydrogens (primary N) is 2. The first-order valence-corrected chi connectivity index (χ1v) is 6.92. The molecule has 0 saturated carbocycles. The molecule has 2 unspecified atom stereocenters. The minimum Gasteiger partial charge on any atom is -0.399 e. The van der Waals surface area contributed by atoms with Crippen molar-refractivity contribution < 1.29 is 9.59 Å². The van der Waals surface area contributed by atoms with Crippen LogP contribution in [0.3, 0.4) is 0 Å². The van der Waals surface area contributed by atoms with Crippen LogP contribution in [0.1, 0.15) is 30.1 Å². The van der Waals surface area contributed by atoms with Gasteiger partial charge in [0.15, 0.2) is 0 Å². The van der Waals surface area contributed by atoms with Gasteiger partial charge in [-0.05, 0) is 38.0 Å². The molecule has 2 amide bonds. The van der Waals surface area contributed by atoms with E-state index < -0.39 is 0 Å². The number of anilines is 1. The lowest BCUT2D eigenvalue weighted by molar-refractivity contribution is -0.123. The maximum atomic E-state index is 12.5. The first-order chi connectivity index (χ1) is 9.38. The van der Waals surface area contributed by atoms with Gasteiger partial charge in [-0.2, -0.15) is 0 Å². The summed E-state index contributed by atoms with van der Waals surface area (Å²) in [5.74, 6) is -0.815. The van der Waals surface area contributed by atoms with Crippen LogP contribution >= 0.6 is 11.6 Å². The molecule has 1 aromatic rings. The van der Waals surface area contributed by atoms with E-state index >= 15 is 0 Å². The third-order valence-corrected chi connectivity index (χ3v) is 3.93. The minimum absolute atomic E-state index is 0.0679. The van der Waals surface area contributed by atoms with Crippen molar-refractivity contribution >= 4 is 29.1 Å². The Hall–Kier alpha value is -1.75. The molecule has 4 N–H and O–H groups in total. The molecule has 1 saturated heterocycles. The largest absolute Gasteiger partial charge is 0.399 e. The number of carbonyl (C=O) groups excluding carboxylic acids is 2. The van der Waals surface area contributed by atoms with Gasteiger partial charge in [0.1, 0.15) is 0 Å². The monoisotopic (exact) mass is 295 g/mol. The number of likely N-dealkylation sites (tertiary alicyclic amines) is 1. The third-order valence-electron chi connectivity index (χ3n) is 3.71. The SMILES string of the molecule is CC1CCC(C(N)=O)CN1C(=O)c1cc(N)cc(Cl)c1. The van der Waals surface area contributed by atoms with Crippen LogP contribution < -0.4 is 11.5 Å². The molecular weight excluding hydrogens is 278 g/mol. The molecule has 20 heavy (non-hydrogen) atoms. The fraction of sp³-hybridized carbons (Fsp3) is 0.429. The Labute approximate surface area is 122 Å². The van der Waals surface area contributed by atoms with Crippen LogP contribution in [0.15, 0.2) is 18.2 Å². The number of amides is 2. The van der Waals surface area contributed by atoms with E-state index in [0.29, 0.717) is 22.8 Å². The Morgan fingerprint density at radius 2 is 2.00 bits per heavy atom. The Bertz CT molecular complexity index is 527. The highest BCUT2D eigenvalue weighted by Gasteiger charge is 2.32. The summed E-state index contributed by atoms with van der Waals surface area (Å²) in [5.41, 5.74) is 11.9. The second-order valence-electron chi connectivity index (χ2n) is 5.26. The Morgan fingerprint density at radius 1 is 1.30 bits per heavy atom. The van der Waals surface area contributed by atoms with E-state index in [1.807, 2.05) is 6.92 Å². The zero-order valence-electron chi connectivity index (χ0n) is 11.3. The highest BCUT2D eigenvalue weighted by atomic mass is 35.5. The summed E-state index contributed by atoms with van der Waals surface area (Å²) in [6.45, 7) is 2.31. The Balaban J connectivity index is 2.24. The maximum absolute atomic E-state index is 12.5. The van der Waals surface area contributed by atoms with Gasteiger partial charge in [-0.15, -0.1) is 0 Å². The minimum atomic E-state index is -0.361. The summed E-state index contributed by atoms with van der Waals surface area (Å²) < 4.78 is 0. The van der Waals surface area contributed by atoms with Crippen molar-refractivity contribution in [2.45, 2.75) is 25.8 Å². The molecule has 1 aliphatic rings. The van der Waals surface area contributed by atoms with Gasteiger partial charge in [-0.1, -0.05) is 11.6 Å². The molecule has 1 aliphatic heterocycles. The van der Waals surface area contributed by atoms with Crippen molar-refractivity contribution in [1.29, 1.82) is 0 Å². The first-order valence-electron chi connectivity index (χ1n) is 6.55. The number of hydrogen-bond donors (Lipinski definition) is 2. The van der Waals surface area contributed by atoms with E-state index in [1.165, 1.54) is 0 Å². The van der Waals surface area contributed by atoms with Gasteiger partial charge in [-0.3, -0.25) is 9.59 Å². The molecule has 0 bridgehead atoms. The Morgan fingerprint density at radius 3 is 2.60 bits per heavy atom. The summed E-state index contributed by atoms with van der Waals surface area (Å²) in [7, 11) is 0. The average molecular weight is 296 g/mol. The van der Waals surface area contributed by atoms with Crippen LogP contribution in [-0.2, 0) is 4.79 Å². The standard InChI is InChI=1S/C14H18ClN3O2/c1-8-2-3-9(13(17)19)7-18(8)14(20)10-4-11(15)6-12(16)5-10/h4-6,8-9H,2-3,7,16H2,1H3,(H2,17,19). The topological polar surface area (TPSA) is 89.4 Å². The van der Waals surface area contributed by atoms with Crippen LogP contribution in [0.2, 0.25) is 5.02 Å². The van der Waals surface area contributed by atoms with Crippen LogP contribution in [0.25, 0.3) is 0 Å². The zero-order valence-corrected chi connectivity index (χ0v) is 12.1. The maximum Gasteiger partial charge on any atom is 0.254 e. The molecule has 0 aromatic heterocycles. The van der Waals surface area contributed by atoms with E-state index in [9.17, 15) is 9.59 Å². The quantitative estimate of drug-likeness (QED) is 0.813. The number of hydrogen-bond acceptors (Lipinski definition) is 3. The Kier molecular flexibility index (Phi) is 4.18. The predicted molar refractivity (Wildman–Crippen MR) is 78.3 cm³/mol. The number of rotatable bonds is 2. The van der Waals surface area contributed by atoms with Crippen LogP contribution in [0, 0.1) is 5.92 Å². The van der Waals surface area contributed by atoms with E-state index in [0.717, 1.165) is 12.8 Å². The molecule has 0 spiro atoms. The van der Waals surface area contributed by atoms with Gasteiger partial charge in [-0.25, -0.2) is 0 Å². The molecule has 1 aromatic carbocycles. The molecule has 5 nitrogen and oxygen atoms in total. The molecule has 6 heteroatoms. The molecule has 1 fully saturated rings. The van der Waals surface area contributed by atoms with Crippen LogP contribution in [-0.4, -0.2) is 29.3 Å². The summed E-state index contributed by atoms with van der Waals surface area (Å²) in [6, 6.07) is 4.83. The number of nitrogen functional groups attached to an aromatic ring is 1. The third kappa shape index (κ3) is 3.04. The van der Waals surface area contributed by atoms with Crippen LogP contribution in [0.5, 0.6) is 0 Å². The van der Waals surface area contributed by atoms with Gasteiger partial charge in [0.2, 0.25) is 5.91 Å². The summed E-state index contributed by atoms with van der Waals surface area (Å²) in [6.07, 6.45) is 1.48. The van der Waals surface area contributed by atoms with Gasteiger partial charge in [0, 0.05) is 28.9 Å². The molecule has 2 rings (SSSR count). The van der Waals surface area contributed by atoms with Crippen molar-refractivity contribution in [2.75, 3.05) is 12.3 Å². The molecule has 2 atom stereocenters. The fourth-order valence-electron chi connectivity index (χ4n) is 2.52. The average Bonchev–Trinajstić information content (AvgIpc) is 2.37. The number of halogens is 1. The molecular formula is C14H18ClN3O2. The second kappa shape index (κ2) is 5.71. The first kappa shape index (κ1) is 14.7. The van der Waals surface area contributed by atoms with E-state index in [1.54, 1.807) is 23.1 Å². The lowest BCUT2D eigenvalue weighted by Gasteiger charge is -2.37.